The van der Waals surface area contributed by atoms with Crippen molar-refractivity contribution in [3.63, 3.8) is 0 Å². The monoisotopic (exact) mass is 208 g/mol. The number of nitrogens with two attached hydrogens (primary N) is 1. The van der Waals surface area contributed by atoms with Crippen LogP contribution in [0, 0.1) is 0 Å². The zero-order chi connectivity index (χ0) is 11.8. The number of pyridine rings is 1. The number of anilines is 1. The maximum absolute atomic E-state index is 11.8. The van der Waals surface area contributed by atoms with E-state index in [1.54, 1.807) is 4.57 Å². The van der Waals surface area contributed by atoms with Gasteiger partial charge in [-0.15, -0.1) is 0 Å². The van der Waals surface area contributed by atoms with Crippen molar-refractivity contribution in [1.29, 1.82) is 0 Å². The van der Waals surface area contributed by atoms with Gasteiger partial charge in [-0.05, 0) is 19.9 Å². The number of nitrogen functional groups attached to an aromatic ring is 1. The van der Waals surface area contributed by atoms with Gasteiger partial charge in [0, 0.05) is 28.9 Å². The number of hydrogen-bond acceptors (Lipinski definition) is 2. The topological polar surface area (TPSA) is 48.0 Å². The molecule has 15 heavy (non-hydrogen) atoms. The maximum Gasteiger partial charge on any atom is 0.253 e. The molecule has 0 aliphatic carbocycles. The number of rotatable bonds is 1. The molecule has 1 rings (SSSR count). The minimum absolute atomic E-state index is 0.0186. The normalized spacial score (nSPS) is 12.1. The highest BCUT2D eigenvalue weighted by molar-refractivity contribution is 5.40. The second-order valence-corrected chi connectivity index (χ2v) is 5.23. The van der Waals surface area contributed by atoms with Crippen LogP contribution in [0.25, 0.3) is 0 Å². The van der Waals surface area contributed by atoms with Gasteiger partial charge in [0.05, 0.1) is 0 Å². The van der Waals surface area contributed by atoms with Gasteiger partial charge in [0.1, 0.15) is 0 Å². The largest absolute Gasteiger partial charge is 0.399 e. The molecule has 0 saturated heterocycles. The molecular weight excluding hydrogens is 188 g/mol. The molecule has 3 nitrogen and oxygen atoms in total. The predicted molar refractivity (Wildman–Crippen MR) is 64.2 cm³/mol. The van der Waals surface area contributed by atoms with Gasteiger partial charge in [0.15, 0.2) is 0 Å². The van der Waals surface area contributed by atoms with E-state index < -0.39 is 0 Å². The Bertz CT molecular complexity index is 411. The zero-order valence-electron chi connectivity index (χ0n) is 10.2. The molecule has 3 heteroatoms. The average molecular weight is 208 g/mol. The smallest absolute Gasteiger partial charge is 0.253 e. The molecule has 0 atom stereocenters. The summed E-state index contributed by atoms with van der Waals surface area (Å²) in [4.78, 5) is 11.8. The molecule has 1 heterocycles. The summed E-state index contributed by atoms with van der Waals surface area (Å²) in [6, 6.07) is 3.53. The second kappa shape index (κ2) is 3.72. The van der Waals surface area contributed by atoms with Gasteiger partial charge in [0.25, 0.3) is 5.56 Å². The Labute approximate surface area is 90.9 Å². The van der Waals surface area contributed by atoms with Crippen LogP contribution in [0.2, 0.25) is 0 Å². The average Bonchev–Trinajstić information content (AvgIpc) is 1.99. The van der Waals surface area contributed by atoms with E-state index in [4.69, 9.17) is 5.73 Å². The number of hydrogen-bond donors (Lipinski definition) is 1. The van der Waals surface area contributed by atoms with E-state index in [-0.39, 0.29) is 17.0 Å². The first kappa shape index (κ1) is 11.8. The van der Waals surface area contributed by atoms with Crippen molar-refractivity contribution in [2.24, 2.45) is 0 Å². The lowest BCUT2D eigenvalue weighted by molar-refractivity contribution is 0.467. The summed E-state index contributed by atoms with van der Waals surface area (Å²) in [6.45, 7) is 10.3. The Hall–Kier alpha value is -1.25. The quantitative estimate of drug-likeness (QED) is 0.770. The van der Waals surface area contributed by atoms with E-state index in [0.29, 0.717) is 5.69 Å². The molecular formula is C12H20N2O. The first-order valence-corrected chi connectivity index (χ1v) is 5.26. The van der Waals surface area contributed by atoms with Gasteiger partial charge in [0.2, 0.25) is 0 Å². The first-order valence-electron chi connectivity index (χ1n) is 5.26. The SMILES string of the molecule is CC(C)n1c(C(C)(C)C)cc(N)cc1=O. The van der Waals surface area contributed by atoms with Crippen molar-refractivity contribution in [2.45, 2.75) is 46.1 Å². The van der Waals surface area contributed by atoms with Crippen LogP contribution in [-0.2, 0) is 5.41 Å². The fourth-order valence-electron chi connectivity index (χ4n) is 1.71. The molecule has 84 valence electrons. The fourth-order valence-corrected chi connectivity index (χ4v) is 1.71. The lowest BCUT2D eigenvalue weighted by atomic mass is 9.90. The number of aromatic nitrogens is 1. The Morgan fingerprint density at radius 2 is 1.80 bits per heavy atom. The summed E-state index contributed by atoms with van der Waals surface area (Å²) in [6.07, 6.45) is 0. The highest BCUT2D eigenvalue weighted by atomic mass is 16.1. The van der Waals surface area contributed by atoms with Crippen molar-refractivity contribution < 1.29 is 0 Å². The molecule has 0 saturated carbocycles. The Kier molecular flexibility index (Phi) is 2.93. The zero-order valence-corrected chi connectivity index (χ0v) is 10.2. The Morgan fingerprint density at radius 1 is 1.27 bits per heavy atom. The van der Waals surface area contributed by atoms with Crippen LogP contribution < -0.4 is 11.3 Å². The summed E-state index contributed by atoms with van der Waals surface area (Å²) in [5.74, 6) is 0. The van der Waals surface area contributed by atoms with E-state index >= 15 is 0 Å². The number of nitrogens with zero attached hydrogens (tertiary/aromatic N) is 1. The van der Waals surface area contributed by atoms with Crippen LogP contribution in [0.5, 0.6) is 0 Å². The summed E-state index contributed by atoms with van der Waals surface area (Å²) in [5.41, 5.74) is 7.15. The van der Waals surface area contributed by atoms with E-state index in [2.05, 4.69) is 20.8 Å². The minimum atomic E-state index is -0.0706. The fraction of sp³-hybridized carbons (Fsp3) is 0.583. The molecule has 1 aromatic rings. The van der Waals surface area contributed by atoms with Crippen LogP contribution >= 0.6 is 0 Å². The summed E-state index contributed by atoms with van der Waals surface area (Å²) in [7, 11) is 0. The minimum Gasteiger partial charge on any atom is -0.399 e. The highest BCUT2D eigenvalue weighted by Crippen LogP contribution is 2.24. The van der Waals surface area contributed by atoms with Crippen LogP contribution in [0.4, 0.5) is 5.69 Å². The first-order chi connectivity index (χ1) is 6.73. The van der Waals surface area contributed by atoms with E-state index in [0.717, 1.165) is 5.69 Å². The lowest BCUT2D eigenvalue weighted by Crippen LogP contribution is -2.30. The highest BCUT2D eigenvalue weighted by Gasteiger charge is 2.20. The standard InChI is InChI=1S/C12H20N2O/c1-8(2)14-10(12(3,4)5)6-9(13)7-11(14)15/h6-8H,13H2,1-5H3. The molecule has 0 unspecified atom stereocenters. The van der Waals surface area contributed by atoms with Crippen molar-refractivity contribution in [3.05, 3.63) is 28.2 Å². The molecule has 0 radical (unpaired) electrons. The molecule has 0 aliphatic heterocycles. The van der Waals surface area contributed by atoms with Crippen LogP contribution in [0.15, 0.2) is 16.9 Å². The molecule has 0 spiro atoms. The molecule has 0 fully saturated rings. The predicted octanol–water partition coefficient (Wildman–Crippen LogP) is 2.31. The Balaban J connectivity index is 3.55. The van der Waals surface area contributed by atoms with Gasteiger partial charge >= 0.3 is 0 Å². The van der Waals surface area contributed by atoms with E-state index in [9.17, 15) is 4.79 Å². The summed E-state index contributed by atoms with van der Waals surface area (Å²) in [5, 5.41) is 0. The van der Waals surface area contributed by atoms with Gasteiger partial charge in [-0.2, -0.15) is 0 Å². The maximum atomic E-state index is 11.8. The van der Waals surface area contributed by atoms with E-state index in [1.807, 2.05) is 19.9 Å². The summed E-state index contributed by atoms with van der Waals surface area (Å²) < 4.78 is 1.80. The van der Waals surface area contributed by atoms with E-state index in [1.165, 1.54) is 6.07 Å². The Morgan fingerprint density at radius 3 is 2.20 bits per heavy atom. The van der Waals surface area contributed by atoms with Crippen LogP contribution in [0.1, 0.15) is 46.4 Å². The molecule has 0 amide bonds. The van der Waals surface area contributed by atoms with Crippen molar-refractivity contribution >= 4 is 5.69 Å². The molecule has 0 aliphatic rings. The van der Waals surface area contributed by atoms with Crippen molar-refractivity contribution in [1.82, 2.24) is 4.57 Å². The molecule has 1 aromatic heterocycles. The van der Waals surface area contributed by atoms with Gasteiger partial charge in [-0.25, -0.2) is 0 Å². The second-order valence-electron chi connectivity index (χ2n) is 5.23. The third-order valence-electron chi connectivity index (χ3n) is 2.38. The molecule has 0 aromatic carbocycles. The third kappa shape index (κ3) is 2.41. The molecule has 0 bridgehead atoms. The van der Waals surface area contributed by atoms with Gasteiger partial charge < -0.3 is 10.3 Å². The van der Waals surface area contributed by atoms with Gasteiger partial charge in [-0.3, -0.25) is 4.79 Å². The lowest BCUT2D eigenvalue weighted by Gasteiger charge is -2.26. The molecule has 2 N–H and O–H groups in total. The van der Waals surface area contributed by atoms with Crippen molar-refractivity contribution in [3.8, 4) is 0 Å². The van der Waals surface area contributed by atoms with Crippen molar-refractivity contribution in [2.75, 3.05) is 5.73 Å². The van der Waals surface area contributed by atoms with Gasteiger partial charge in [-0.1, -0.05) is 20.8 Å². The summed E-state index contributed by atoms with van der Waals surface area (Å²) >= 11 is 0. The third-order valence-corrected chi connectivity index (χ3v) is 2.38. The van der Waals surface area contributed by atoms with Crippen LogP contribution in [-0.4, -0.2) is 4.57 Å². The van der Waals surface area contributed by atoms with Crippen LogP contribution in [0.3, 0.4) is 0 Å².